The predicted molar refractivity (Wildman–Crippen MR) is 108 cm³/mol. The van der Waals surface area contributed by atoms with Crippen molar-refractivity contribution in [1.82, 2.24) is 0 Å². The first-order valence-electron chi connectivity index (χ1n) is 8.74. The van der Waals surface area contributed by atoms with Crippen LogP contribution in [0.4, 0.5) is 11.4 Å². The van der Waals surface area contributed by atoms with Crippen molar-refractivity contribution in [3.05, 3.63) is 46.4 Å². The van der Waals surface area contributed by atoms with Crippen LogP contribution in [0.3, 0.4) is 0 Å². The van der Waals surface area contributed by atoms with Crippen molar-refractivity contribution >= 4 is 39.1 Å². The van der Waals surface area contributed by atoms with Crippen molar-refractivity contribution in [2.75, 3.05) is 24.4 Å². The molecule has 2 aromatic rings. The SMILES string of the molecule is CCOc1c(Br)cc(C(=O)Nc2cccc(NC(=O)C3CC3)c2)cc1OC. The largest absolute Gasteiger partial charge is 0.493 e. The van der Waals surface area contributed by atoms with E-state index >= 15 is 0 Å². The highest BCUT2D eigenvalue weighted by Gasteiger charge is 2.29. The molecule has 142 valence electrons. The number of anilines is 2. The molecule has 0 atom stereocenters. The fourth-order valence-corrected chi connectivity index (χ4v) is 3.16. The van der Waals surface area contributed by atoms with E-state index in [4.69, 9.17) is 9.47 Å². The topological polar surface area (TPSA) is 76.7 Å². The van der Waals surface area contributed by atoms with Crippen LogP contribution < -0.4 is 20.1 Å². The van der Waals surface area contributed by atoms with E-state index in [0.717, 1.165) is 12.8 Å². The summed E-state index contributed by atoms with van der Waals surface area (Å²) in [6, 6.07) is 10.4. The molecular weight excluding hydrogens is 412 g/mol. The van der Waals surface area contributed by atoms with Gasteiger partial charge in [0.2, 0.25) is 5.91 Å². The molecule has 1 aliphatic rings. The molecule has 6 nitrogen and oxygen atoms in total. The lowest BCUT2D eigenvalue weighted by atomic mass is 10.1. The second-order valence-electron chi connectivity index (χ2n) is 6.22. The quantitative estimate of drug-likeness (QED) is 0.676. The molecule has 0 unspecified atom stereocenters. The summed E-state index contributed by atoms with van der Waals surface area (Å²) in [5.74, 6) is 0.890. The van der Waals surface area contributed by atoms with Gasteiger partial charge in [0.05, 0.1) is 18.2 Å². The number of rotatable bonds is 7. The standard InChI is InChI=1S/C20H21BrN2O4/c1-3-27-18-16(21)9-13(10-17(18)26-2)20(25)23-15-6-4-5-14(11-15)22-19(24)12-7-8-12/h4-6,9-12H,3,7-8H2,1-2H3,(H,22,24)(H,23,25). The summed E-state index contributed by atoms with van der Waals surface area (Å²) >= 11 is 3.42. The van der Waals surface area contributed by atoms with Crippen molar-refractivity contribution in [2.24, 2.45) is 5.92 Å². The van der Waals surface area contributed by atoms with Crippen LogP contribution in [0.5, 0.6) is 11.5 Å². The van der Waals surface area contributed by atoms with Gasteiger partial charge in [0.25, 0.3) is 5.91 Å². The van der Waals surface area contributed by atoms with E-state index in [9.17, 15) is 9.59 Å². The molecule has 2 aromatic carbocycles. The van der Waals surface area contributed by atoms with Gasteiger partial charge in [-0.25, -0.2) is 0 Å². The first kappa shape index (κ1) is 19.2. The van der Waals surface area contributed by atoms with Gasteiger partial charge in [-0.2, -0.15) is 0 Å². The summed E-state index contributed by atoms with van der Waals surface area (Å²) in [4.78, 5) is 24.5. The highest BCUT2D eigenvalue weighted by atomic mass is 79.9. The first-order valence-corrected chi connectivity index (χ1v) is 9.53. The van der Waals surface area contributed by atoms with E-state index in [1.165, 1.54) is 7.11 Å². The first-order chi connectivity index (χ1) is 13.0. The lowest BCUT2D eigenvalue weighted by Gasteiger charge is -2.14. The highest BCUT2D eigenvalue weighted by molar-refractivity contribution is 9.10. The van der Waals surface area contributed by atoms with Crippen LogP contribution in [-0.4, -0.2) is 25.5 Å². The van der Waals surface area contributed by atoms with Crippen molar-refractivity contribution in [3.63, 3.8) is 0 Å². The third-order valence-electron chi connectivity index (χ3n) is 4.12. The van der Waals surface area contributed by atoms with Crippen LogP contribution in [0.1, 0.15) is 30.1 Å². The second-order valence-corrected chi connectivity index (χ2v) is 7.08. The van der Waals surface area contributed by atoms with Crippen LogP contribution in [0.15, 0.2) is 40.9 Å². The minimum Gasteiger partial charge on any atom is -0.493 e. The second kappa shape index (κ2) is 8.43. The summed E-state index contributed by atoms with van der Waals surface area (Å²) in [6.07, 6.45) is 1.88. The van der Waals surface area contributed by atoms with Gasteiger partial charge >= 0.3 is 0 Å². The van der Waals surface area contributed by atoms with Gasteiger partial charge in [0.15, 0.2) is 11.5 Å². The van der Waals surface area contributed by atoms with E-state index in [-0.39, 0.29) is 17.7 Å². The summed E-state index contributed by atoms with van der Waals surface area (Å²) in [7, 11) is 1.53. The van der Waals surface area contributed by atoms with E-state index in [1.807, 2.05) is 6.92 Å². The maximum Gasteiger partial charge on any atom is 0.255 e. The predicted octanol–water partition coefficient (Wildman–Crippen LogP) is 4.46. The minimum absolute atomic E-state index is 0.0265. The Kier molecular flexibility index (Phi) is 6.01. The zero-order valence-corrected chi connectivity index (χ0v) is 16.8. The number of ether oxygens (including phenoxy) is 2. The fourth-order valence-electron chi connectivity index (χ4n) is 2.60. The Morgan fingerprint density at radius 1 is 1.15 bits per heavy atom. The fraction of sp³-hybridized carbons (Fsp3) is 0.300. The van der Waals surface area contributed by atoms with Crippen molar-refractivity contribution in [1.29, 1.82) is 0 Å². The molecule has 7 heteroatoms. The number of halogens is 1. The van der Waals surface area contributed by atoms with E-state index in [1.54, 1.807) is 36.4 Å². The van der Waals surface area contributed by atoms with Crippen LogP contribution in [-0.2, 0) is 4.79 Å². The van der Waals surface area contributed by atoms with Gasteiger partial charge in [0.1, 0.15) is 0 Å². The van der Waals surface area contributed by atoms with Gasteiger partial charge in [-0.05, 0) is 66.0 Å². The molecule has 0 bridgehead atoms. The Morgan fingerprint density at radius 2 is 1.85 bits per heavy atom. The summed E-state index contributed by atoms with van der Waals surface area (Å²) in [5, 5.41) is 5.71. The maximum atomic E-state index is 12.6. The minimum atomic E-state index is -0.289. The Balaban J connectivity index is 1.75. The highest BCUT2D eigenvalue weighted by Crippen LogP contribution is 2.37. The molecule has 1 saturated carbocycles. The zero-order chi connectivity index (χ0) is 19.4. The number of nitrogens with one attached hydrogen (secondary N) is 2. The van der Waals surface area contributed by atoms with Crippen molar-refractivity contribution in [2.45, 2.75) is 19.8 Å². The molecule has 2 N–H and O–H groups in total. The molecule has 0 spiro atoms. The number of benzene rings is 2. The molecule has 1 fully saturated rings. The lowest BCUT2D eigenvalue weighted by molar-refractivity contribution is -0.117. The number of carbonyl (C=O) groups excluding carboxylic acids is 2. The number of methoxy groups -OCH3 is 1. The van der Waals surface area contributed by atoms with E-state index in [2.05, 4.69) is 26.6 Å². The van der Waals surface area contributed by atoms with Crippen LogP contribution in [0.2, 0.25) is 0 Å². The maximum absolute atomic E-state index is 12.6. The summed E-state index contributed by atoms with van der Waals surface area (Å²) < 4.78 is 11.5. The molecular formula is C20H21BrN2O4. The van der Waals surface area contributed by atoms with Gasteiger partial charge in [-0.1, -0.05) is 6.07 Å². The van der Waals surface area contributed by atoms with Crippen molar-refractivity contribution in [3.8, 4) is 11.5 Å². The van der Waals surface area contributed by atoms with E-state index in [0.29, 0.717) is 39.5 Å². The molecule has 0 aliphatic heterocycles. The Bertz CT molecular complexity index is 865. The average Bonchev–Trinajstić information content (AvgIpc) is 3.48. The number of amides is 2. The lowest BCUT2D eigenvalue weighted by Crippen LogP contribution is -2.15. The summed E-state index contributed by atoms with van der Waals surface area (Å²) in [5.41, 5.74) is 1.68. The number of carbonyl (C=O) groups is 2. The third kappa shape index (κ3) is 4.80. The molecule has 0 saturated heterocycles. The molecule has 2 amide bonds. The monoisotopic (exact) mass is 432 g/mol. The Morgan fingerprint density at radius 3 is 2.48 bits per heavy atom. The van der Waals surface area contributed by atoms with Crippen molar-refractivity contribution < 1.29 is 19.1 Å². The van der Waals surface area contributed by atoms with Gasteiger partial charge in [-0.15, -0.1) is 0 Å². The van der Waals surface area contributed by atoms with Gasteiger partial charge in [0, 0.05) is 22.9 Å². The molecule has 3 rings (SSSR count). The molecule has 27 heavy (non-hydrogen) atoms. The average molecular weight is 433 g/mol. The summed E-state index contributed by atoms with van der Waals surface area (Å²) in [6.45, 7) is 2.36. The third-order valence-corrected chi connectivity index (χ3v) is 4.71. The molecule has 1 aliphatic carbocycles. The van der Waals surface area contributed by atoms with Crippen LogP contribution >= 0.6 is 15.9 Å². The molecule has 0 heterocycles. The molecule has 0 aromatic heterocycles. The number of hydrogen-bond acceptors (Lipinski definition) is 4. The normalized spacial score (nSPS) is 13.0. The molecule has 0 radical (unpaired) electrons. The van der Waals surface area contributed by atoms with Crippen LogP contribution in [0, 0.1) is 5.92 Å². The Hall–Kier alpha value is -2.54. The van der Waals surface area contributed by atoms with Crippen LogP contribution in [0.25, 0.3) is 0 Å². The van der Waals surface area contributed by atoms with Gasteiger partial charge in [-0.3, -0.25) is 9.59 Å². The van der Waals surface area contributed by atoms with E-state index < -0.39 is 0 Å². The Labute approximate surface area is 166 Å². The number of hydrogen-bond donors (Lipinski definition) is 2. The zero-order valence-electron chi connectivity index (χ0n) is 15.2. The van der Waals surface area contributed by atoms with Gasteiger partial charge < -0.3 is 20.1 Å². The smallest absolute Gasteiger partial charge is 0.255 e.